The maximum absolute atomic E-state index is 12.6. The highest BCUT2D eigenvalue weighted by Gasteiger charge is 2.34. The fourth-order valence-corrected chi connectivity index (χ4v) is 5.30. The minimum Gasteiger partial charge on any atom is -0.318 e. The summed E-state index contributed by atoms with van der Waals surface area (Å²) < 4.78 is 29.9. The summed E-state index contributed by atoms with van der Waals surface area (Å²) in [6.45, 7) is 4.19. The van der Waals surface area contributed by atoms with Gasteiger partial charge in [0, 0.05) is 25.7 Å². The van der Waals surface area contributed by atoms with E-state index in [0.29, 0.717) is 13.1 Å². The zero-order valence-corrected chi connectivity index (χ0v) is 14.3. The Balaban J connectivity index is 1.96. The Morgan fingerprint density at radius 2 is 1.86 bits per heavy atom. The lowest BCUT2D eigenvalue weighted by molar-refractivity contribution is 0.211. The number of hydrogen-bond acceptors (Lipinski definition) is 3. The fourth-order valence-electron chi connectivity index (χ4n) is 3.66. The molecule has 1 saturated heterocycles. The summed E-state index contributed by atoms with van der Waals surface area (Å²) in [5, 5.41) is 3.12. The van der Waals surface area contributed by atoms with E-state index in [4.69, 9.17) is 0 Å². The van der Waals surface area contributed by atoms with Crippen LogP contribution in [0.2, 0.25) is 0 Å². The van der Waals surface area contributed by atoms with E-state index in [1.54, 1.807) is 4.31 Å². The highest BCUT2D eigenvalue weighted by atomic mass is 32.2. The van der Waals surface area contributed by atoms with Crippen LogP contribution in [-0.2, 0) is 10.2 Å². The Morgan fingerprint density at radius 3 is 2.52 bits per heavy atom. The molecule has 6 heteroatoms. The summed E-state index contributed by atoms with van der Waals surface area (Å²) in [7, 11) is -1.46. The third-order valence-electron chi connectivity index (χ3n) is 5.06. The molecule has 1 saturated carbocycles. The van der Waals surface area contributed by atoms with Crippen molar-refractivity contribution < 1.29 is 8.42 Å². The highest BCUT2D eigenvalue weighted by molar-refractivity contribution is 7.87. The van der Waals surface area contributed by atoms with Crippen LogP contribution in [0.4, 0.5) is 0 Å². The molecule has 0 spiro atoms. The van der Waals surface area contributed by atoms with Crippen LogP contribution in [0.3, 0.4) is 0 Å². The maximum Gasteiger partial charge on any atom is 0.279 e. The van der Waals surface area contributed by atoms with Gasteiger partial charge in [0.15, 0.2) is 0 Å². The molecule has 21 heavy (non-hydrogen) atoms. The number of piperidine rings is 1. The van der Waals surface area contributed by atoms with E-state index in [1.165, 1.54) is 19.3 Å². The number of rotatable bonds is 6. The summed E-state index contributed by atoms with van der Waals surface area (Å²) in [5.41, 5.74) is 0.139. The Kier molecular flexibility index (Phi) is 6.05. The predicted molar refractivity (Wildman–Crippen MR) is 86.4 cm³/mol. The first kappa shape index (κ1) is 17.2. The van der Waals surface area contributed by atoms with Crippen molar-refractivity contribution in [2.75, 3.05) is 26.7 Å². The molecule has 0 amide bonds. The van der Waals surface area contributed by atoms with E-state index in [9.17, 15) is 8.42 Å². The molecule has 2 aliphatic rings. The molecule has 1 aliphatic carbocycles. The van der Waals surface area contributed by atoms with Gasteiger partial charge >= 0.3 is 0 Å². The summed E-state index contributed by atoms with van der Waals surface area (Å²) >= 11 is 0. The van der Waals surface area contributed by atoms with E-state index >= 15 is 0 Å². The molecular weight excluding hydrogens is 286 g/mol. The van der Waals surface area contributed by atoms with Crippen molar-refractivity contribution in [3.8, 4) is 0 Å². The average Bonchev–Trinajstić information content (AvgIpc) is 2.47. The minimum atomic E-state index is -3.35. The lowest BCUT2D eigenvalue weighted by Gasteiger charge is -2.37. The number of likely N-dealkylation sites (N-methyl/N-ethyl adjacent to an activating group) is 1. The van der Waals surface area contributed by atoms with Crippen molar-refractivity contribution in [2.45, 2.75) is 64.3 Å². The van der Waals surface area contributed by atoms with Gasteiger partial charge in [-0.05, 0) is 38.1 Å². The Labute approximate surface area is 130 Å². The van der Waals surface area contributed by atoms with Crippen molar-refractivity contribution in [2.24, 2.45) is 5.41 Å². The quantitative estimate of drug-likeness (QED) is 0.786. The molecule has 5 nitrogen and oxygen atoms in total. The smallest absolute Gasteiger partial charge is 0.279 e. The molecule has 0 bridgehead atoms. The molecule has 124 valence electrons. The molecule has 0 aromatic carbocycles. The molecule has 1 aliphatic heterocycles. The third kappa shape index (κ3) is 4.65. The van der Waals surface area contributed by atoms with Crippen LogP contribution in [0.15, 0.2) is 0 Å². The normalized spacial score (nSPS) is 27.6. The Hall–Kier alpha value is -0.170. The number of nitrogens with zero attached hydrogens (tertiary/aromatic N) is 1. The van der Waals surface area contributed by atoms with Gasteiger partial charge in [0.25, 0.3) is 10.2 Å². The van der Waals surface area contributed by atoms with E-state index in [0.717, 1.165) is 38.6 Å². The van der Waals surface area contributed by atoms with Gasteiger partial charge in [-0.15, -0.1) is 0 Å². The number of hydrogen-bond donors (Lipinski definition) is 2. The lowest BCUT2D eigenvalue weighted by atomic mass is 9.76. The van der Waals surface area contributed by atoms with Crippen LogP contribution in [0, 0.1) is 5.41 Å². The van der Waals surface area contributed by atoms with Crippen molar-refractivity contribution in [1.29, 1.82) is 0 Å². The average molecular weight is 317 g/mol. The first-order valence-corrected chi connectivity index (χ1v) is 9.82. The fraction of sp³-hybridized carbons (Fsp3) is 1.00. The van der Waals surface area contributed by atoms with Gasteiger partial charge in [0.2, 0.25) is 0 Å². The largest absolute Gasteiger partial charge is 0.318 e. The van der Waals surface area contributed by atoms with Crippen LogP contribution < -0.4 is 10.0 Å². The van der Waals surface area contributed by atoms with E-state index in [1.807, 2.05) is 7.05 Å². The van der Waals surface area contributed by atoms with Crippen LogP contribution in [-0.4, -0.2) is 45.4 Å². The molecule has 1 unspecified atom stereocenters. The zero-order valence-electron chi connectivity index (χ0n) is 13.5. The molecule has 0 radical (unpaired) electrons. The van der Waals surface area contributed by atoms with Crippen molar-refractivity contribution in [3.63, 3.8) is 0 Å². The first-order chi connectivity index (χ1) is 9.97. The van der Waals surface area contributed by atoms with E-state index in [2.05, 4.69) is 17.0 Å². The molecule has 2 rings (SSSR count). The third-order valence-corrected chi connectivity index (χ3v) is 6.67. The van der Waals surface area contributed by atoms with Crippen LogP contribution >= 0.6 is 0 Å². The Morgan fingerprint density at radius 1 is 1.14 bits per heavy atom. The molecule has 1 atom stereocenters. The van der Waals surface area contributed by atoms with Gasteiger partial charge in [-0.1, -0.05) is 32.6 Å². The van der Waals surface area contributed by atoms with Gasteiger partial charge in [-0.2, -0.15) is 12.7 Å². The summed E-state index contributed by atoms with van der Waals surface area (Å²) in [4.78, 5) is 0. The number of nitrogens with one attached hydrogen (secondary N) is 2. The Bertz CT molecular complexity index is 417. The van der Waals surface area contributed by atoms with Gasteiger partial charge in [0.1, 0.15) is 0 Å². The SMILES string of the molecule is CNCC1CCCCN1S(=O)(=O)NCC1(C)CCCCC1. The second-order valence-electron chi connectivity index (χ2n) is 7.02. The highest BCUT2D eigenvalue weighted by Crippen LogP contribution is 2.35. The predicted octanol–water partition coefficient (Wildman–Crippen LogP) is 1.87. The summed E-state index contributed by atoms with van der Waals surface area (Å²) in [5.74, 6) is 0. The molecule has 0 aromatic rings. The molecule has 1 heterocycles. The van der Waals surface area contributed by atoms with Crippen LogP contribution in [0.25, 0.3) is 0 Å². The van der Waals surface area contributed by atoms with E-state index in [-0.39, 0.29) is 11.5 Å². The van der Waals surface area contributed by atoms with Gasteiger partial charge in [0.05, 0.1) is 0 Å². The zero-order chi connectivity index (χ0) is 15.3. The molecular formula is C15H31N3O2S. The van der Waals surface area contributed by atoms with Crippen LogP contribution in [0.1, 0.15) is 58.3 Å². The molecule has 2 fully saturated rings. The molecule has 0 aromatic heterocycles. The van der Waals surface area contributed by atoms with Crippen molar-refractivity contribution >= 4 is 10.2 Å². The summed E-state index contributed by atoms with van der Waals surface area (Å²) in [6, 6.07) is 0.0976. The minimum absolute atomic E-state index is 0.0976. The van der Waals surface area contributed by atoms with Crippen molar-refractivity contribution in [3.05, 3.63) is 0 Å². The van der Waals surface area contributed by atoms with Crippen molar-refractivity contribution in [1.82, 2.24) is 14.3 Å². The van der Waals surface area contributed by atoms with Gasteiger partial charge in [-0.25, -0.2) is 4.72 Å². The van der Waals surface area contributed by atoms with Crippen LogP contribution in [0.5, 0.6) is 0 Å². The standard InChI is InChI=1S/C15H31N3O2S/c1-15(9-5-3-6-10-15)13-17-21(19,20)18-11-7-4-8-14(18)12-16-2/h14,16-17H,3-13H2,1-2H3. The second-order valence-corrected chi connectivity index (χ2v) is 8.72. The second kappa shape index (κ2) is 7.40. The lowest BCUT2D eigenvalue weighted by Crippen LogP contribution is -2.53. The summed E-state index contributed by atoms with van der Waals surface area (Å²) in [6.07, 6.45) is 9.06. The first-order valence-electron chi connectivity index (χ1n) is 8.38. The van der Waals surface area contributed by atoms with Gasteiger partial charge < -0.3 is 5.32 Å². The molecule has 2 N–H and O–H groups in total. The maximum atomic E-state index is 12.6. The van der Waals surface area contributed by atoms with Gasteiger partial charge in [-0.3, -0.25) is 0 Å². The monoisotopic (exact) mass is 317 g/mol. The topological polar surface area (TPSA) is 61.4 Å². The van der Waals surface area contributed by atoms with E-state index < -0.39 is 10.2 Å².